The number of anilines is 2. The van der Waals surface area contributed by atoms with E-state index >= 15 is 0 Å². The van der Waals surface area contributed by atoms with E-state index in [-0.39, 0.29) is 11.9 Å². The zero-order chi connectivity index (χ0) is 26.1. The first-order valence-electron chi connectivity index (χ1n) is 12.0. The number of aromatic nitrogens is 4. The molecule has 11 heteroatoms. The van der Waals surface area contributed by atoms with Gasteiger partial charge >= 0.3 is 6.09 Å². The molecule has 192 valence electrons. The molecule has 1 amide bonds. The van der Waals surface area contributed by atoms with Crippen molar-refractivity contribution >= 4 is 34.4 Å². The molecule has 0 bridgehead atoms. The molecule has 3 aromatic heterocycles. The Hall–Kier alpha value is -4.38. The molecule has 0 saturated carbocycles. The van der Waals surface area contributed by atoms with Crippen molar-refractivity contribution in [2.45, 2.75) is 18.9 Å². The van der Waals surface area contributed by atoms with Gasteiger partial charge in [0.25, 0.3) is 5.91 Å². The molecule has 4 aromatic rings. The van der Waals surface area contributed by atoms with Crippen molar-refractivity contribution in [2.75, 3.05) is 32.6 Å². The molecular weight excluding hydrogens is 474 g/mol. The Kier molecular flexibility index (Phi) is 6.53. The number of carboxylic acid groups (broad SMARTS) is 1. The molecule has 11 nitrogen and oxygen atoms in total. The van der Waals surface area contributed by atoms with E-state index in [1.807, 2.05) is 0 Å². The normalized spacial score (nSPS) is 14.6. The number of rotatable bonds is 6. The third-order valence-electron chi connectivity index (χ3n) is 6.66. The number of hydrogen-bond donors (Lipinski definition) is 3. The third-order valence-corrected chi connectivity index (χ3v) is 6.66. The number of methoxy groups -OCH3 is 1. The van der Waals surface area contributed by atoms with Gasteiger partial charge in [0.15, 0.2) is 0 Å². The van der Waals surface area contributed by atoms with Crippen LogP contribution in [0.25, 0.3) is 22.2 Å². The minimum absolute atomic E-state index is 0.138. The number of hydrogen-bond acceptors (Lipinski definition) is 7. The molecule has 0 atom stereocenters. The van der Waals surface area contributed by atoms with Gasteiger partial charge in [-0.1, -0.05) is 0 Å². The van der Waals surface area contributed by atoms with E-state index < -0.39 is 6.09 Å². The Labute approximate surface area is 213 Å². The smallest absolute Gasteiger partial charge is 0.416 e. The number of fused-ring (bicyclic) bond motifs is 1. The highest BCUT2D eigenvalue weighted by atomic mass is 16.5. The van der Waals surface area contributed by atoms with Crippen LogP contribution in [0, 0.1) is 0 Å². The molecule has 4 heterocycles. The lowest BCUT2D eigenvalue weighted by Gasteiger charge is -2.29. The van der Waals surface area contributed by atoms with E-state index in [1.165, 1.54) is 11.7 Å². The Balaban J connectivity index is 1.39. The summed E-state index contributed by atoms with van der Waals surface area (Å²) in [5, 5.41) is 21.1. The lowest BCUT2D eigenvalue weighted by atomic mass is 10.0. The summed E-state index contributed by atoms with van der Waals surface area (Å²) in [6.07, 6.45) is 5.74. The van der Waals surface area contributed by atoms with Gasteiger partial charge in [-0.3, -0.25) is 9.48 Å². The lowest BCUT2D eigenvalue weighted by molar-refractivity contribution is 0.0916. The number of pyridine rings is 1. The van der Waals surface area contributed by atoms with E-state index in [4.69, 9.17) is 4.74 Å². The van der Waals surface area contributed by atoms with E-state index in [0.717, 1.165) is 25.9 Å². The maximum Gasteiger partial charge on any atom is 0.416 e. The van der Waals surface area contributed by atoms with E-state index in [0.29, 0.717) is 45.0 Å². The van der Waals surface area contributed by atoms with E-state index in [1.54, 1.807) is 60.7 Å². The Morgan fingerprint density at radius 1 is 1.11 bits per heavy atom. The number of amides is 1. The summed E-state index contributed by atoms with van der Waals surface area (Å²) in [6, 6.07) is 8.77. The highest BCUT2D eigenvalue weighted by molar-refractivity contribution is 5.97. The van der Waals surface area contributed by atoms with Crippen LogP contribution in [0.3, 0.4) is 0 Å². The molecule has 1 saturated heterocycles. The second-order valence-corrected chi connectivity index (χ2v) is 9.27. The summed E-state index contributed by atoms with van der Waals surface area (Å²) in [4.78, 5) is 31.7. The first-order valence-corrected chi connectivity index (χ1v) is 12.0. The topological polar surface area (TPSA) is 127 Å². The number of nitrogens with one attached hydrogen (secondary N) is 2. The highest BCUT2D eigenvalue weighted by Crippen LogP contribution is 2.32. The van der Waals surface area contributed by atoms with Gasteiger partial charge < -0.3 is 25.4 Å². The molecule has 0 radical (unpaired) electrons. The molecule has 1 aliphatic rings. The van der Waals surface area contributed by atoms with Crippen LogP contribution in [0.4, 0.5) is 16.3 Å². The Bertz CT molecular complexity index is 1470. The van der Waals surface area contributed by atoms with Gasteiger partial charge in [-0.2, -0.15) is 5.10 Å². The second-order valence-electron chi connectivity index (χ2n) is 9.27. The number of carbonyl (C=O) groups is 2. The molecule has 1 fully saturated rings. The minimum Gasteiger partial charge on any atom is -0.495 e. The maximum atomic E-state index is 12.8. The summed E-state index contributed by atoms with van der Waals surface area (Å²) in [6.45, 7) is 1.92. The summed E-state index contributed by atoms with van der Waals surface area (Å²) >= 11 is 0. The predicted octanol–water partition coefficient (Wildman–Crippen LogP) is 3.54. The number of aryl methyl sites for hydroxylation is 1. The zero-order valence-electron chi connectivity index (χ0n) is 20.9. The van der Waals surface area contributed by atoms with Crippen LogP contribution in [0.15, 0.2) is 48.9 Å². The van der Waals surface area contributed by atoms with Crippen molar-refractivity contribution in [3.63, 3.8) is 0 Å². The number of nitrogens with zero attached hydrogens (tertiary/aromatic N) is 5. The molecule has 1 aromatic carbocycles. The van der Waals surface area contributed by atoms with Crippen molar-refractivity contribution in [1.29, 1.82) is 0 Å². The fourth-order valence-electron chi connectivity index (χ4n) is 4.64. The van der Waals surface area contributed by atoms with Crippen LogP contribution >= 0.6 is 0 Å². The van der Waals surface area contributed by atoms with Crippen LogP contribution < -0.4 is 15.4 Å². The van der Waals surface area contributed by atoms with Crippen LogP contribution in [-0.4, -0.2) is 74.6 Å². The van der Waals surface area contributed by atoms with Gasteiger partial charge in [0.2, 0.25) is 0 Å². The molecule has 0 spiro atoms. The number of piperidine rings is 1. The summed E-state index contributed by atoms with van der Waals surface area (Å²) in [7, 11) is 5.39. The van der Waals surface area contributed by atoms with Crippen LogP contribution in [0.5, 0.6) is 5.75 Å². The van der Waals surface area contributed by atoms with Crippen molar-refractivity contribution < 1.29 is 19.4 Å². The zero-order valence-corrected chi connectivity index (χ0v) is 20.9. The number of carbonyl (C=O) groups excluding carboxylic acids is 1. The Morgan fingerprint density at radius 2 is 1.89 bits per heavy atom. The molecule has 3 N–H and O–H groups in total. The average Bonchev–Trinajstić information content (AvgIpc) is 3.48. The average molecular weight is 504 g/mol. The van der Waals surface area contributed by atoms with Crippen LogP contribution in [-0.2, 0) is 7.05 Å². The lowest BCUT2D eigenvalue weighted by Crippen LogP contribution is -2.43. The van der Waals surface area contributed by atoms with Gasteiger partial charge in [0, 0.05) is 48.1 Å². The van der Waals surface area contributed by atoms with Crippen molar-refractivity contribution in [2.24, 2.45) is 7.05 Å². The number of likely N-dealkylation sites (tertiary alicyclic amines) is 1. The second kappa shape index (κ2) is 9.94. The van der Waals surface area contributed by atoms with Crippen molar-refractivity contribution in [3.8, 4) is 17.0 Å². The first kappa shape index (κ1) is 24.3. The van der Waals surface area contributed by atoms with Gasteiger partial charge in [0.05, 0.1) is 30.2 Å². The largest absolute Gasteiger partial charge is 0.495 e. The van der Waals surface area contributed by atoms with Crippen LogP contribution in [0.1, 0.15) is 23.2 Å². The van der Waals surface area contributed by atoms with E-state index in [9.17, 15) is 14.7 Å². The highest BCUT2D eigenvalue weighted by Gasteiger charge is 2.21. The molecule has 37 heavy (non-hydrogen) atoms. The third kappa shape index (κ3) is 4.98. The molecular formula is C26H29N7O4. The predicted molar refractivity (Wildman–Crippen MR) is 140 cm³/mol. The standard InChI is InChI=1S/C26H29N7O4/c1-31-8-6-19(7-9-31)29-25(34)16-4-5-20(23(11-16)37-3)30-24-12-22-17(13-27-24)10-21(33(22)26(35)36)18-14-28-32(2)15-18/h4-5,10-15,19H,6-9H2,1-3H3,(H,27,30)(H,29,34)(H,35,36). The SMILES string of the molecule is COc1cc(C(=O)NC2CCN(C)CC2)ccc1Nc1cc2c(cn1)cc(-c1cnn(C)c1)n2C(=O)O. The molecule has 1 aliphatic heterocycles. The van der Waals surface area contributed by atoms with Crippen molar-refractivity contribution in [3.05, 3.63) is 54.5 Å². The number of ether oxygens (including phenoxy) is 1. The molecule has 0 unspecified atom stereocenters. The van der Waals surface area contributed by atoms with Gasteiger partial charge in [-0.15, -0.1) is 0 Å². The Morgan fingerprint density at radius 3 is 2.57 bits per heavy atom. The molecule has 5 rings (SSSR count). The van der Waals surface area contributed by atoms with Gasteiger partial charge in [-0.05, 0) is 57.2 Å². The van der Waals surface area contributed by atoms with Gasteiger partial charge in [0.1, 0.15) is 11.6 Å². The summed E-state index contributed by atoms with van der Waals surface area (Å²) in [5.74, 6) is 0.774. The maximum absolute atomic E-state index is 12.8. The fourth-order valence-corrected chi connectivity index (χ4v) is 4.64. The monoisotopic (exact) mass is 503 g/mol. The number of benzene rings is 1. The van der Waals surface area contributed by atoms with Crippen molar-refractivity contribution in [1.82, 2.24) is 29.5 Å². The van der Waals surface area contributed by atoms with Gasteiger partial charge in [-0.25, -0.2) is 14.3 Å². The van der Waals surface area contributed by atoms with Crippen LogP contribution in [0.2, 0.25) is 0 Å². The summed E-state index contributed by atoms with van der Waals surface area (Å²) in [5.41, 5.74) is 2.78. The van der Waals surface area contributed by atoms with E-state index in [2.05, 4.69) is 32.7 Å². The fraction of sp³-hybridized carbons (Fsp3) is 0.308. The quantitative estimate of drug-likeness (QED) is 0.365. The first-order chi connectivity index (χ1) is 17.8. The molecule has 0 aliphatic carbocycles. The summed E-state index contributed by atoms with van der Waals surface area (Å²) < 4.78 is 8.38. The minimum atomic E-state index is -1.11.